The Hall–Kier alpha value is -9.18. The molecule has 13 rings (SSSR count). The molecule has 0 atom stereocenters. The van der Waals surface area contributed by atoms with E-state index in [-0.39, 0.29) is 0 Å². The van der Waals surface area contributed by atoms with Crippen molar-refractivity contribution in [2.45, 2.75) is 0 Å². The van der Waals surface area contributed by atoms with Crippen molar-refractivity contribution in [3.63, 3.8) is 0 Å². The van der Waals surface area contributed by atoms with Crippen LogP contribution in [0, 0.1) is 0 Å². The number of hydrogen-bond donors (Lipinski definition) is 0. The second-order valence-corrected chi connectivity index (χ2v) is 17.6. The van der Waals surface area contributed by atoms with Gasteiger partial charge in [0.2, 0.25) is 0 Å². The third kappa shape index (κ3) is 6.74. The molecule has 69 heavy (non-hydrogen) atoms. The van der Waals surface area contributed by atoms with Gasteiger partial charge in [-0.2, -0.15) is 0 Å². The third-order valence-electron chi connectivity index (χ3n) is 13.8. The lowest BCUT2D eigenvalue weighted by Crippen LogP contribution is -2.12. The van der Waals surface area contributed by atoms with E-state index in [1.54, 1.807) is 0 Å². The summed E-state index contributed by atoms with van der Waals surface area (Å²) in [6.45, 7) is 0. The first-order chi connectivity index (χ1) is 34.3. The Labute approximate surface area is 401 Å². The highest BCUT2D eigenvalue weighted by molar-refractivity contribution is 6.17. The number of rotatable bonds is 9. The van der Waals surface area contributed by atoms with Crippen LogP contribution in [0.4, 0.5) is 17.1 Å². The summed E-state index contributed by atoms with van der Waals surface area (Å²) in [5.74, 6) is 0. The number of benzene rings is 11. The number of aromatic nitrogens is 2. The van der Waals surface area contributed by atoms with Crippen molar-refractivity contribution in [2.75, 3.05) is 4.90 Å². The molecule has 0 spiro atoms. The zero-order chi connectivity index (χ0) is 45.7. The molecule has 0 N–H and O–H groups in total. The summed E-state index contributed by atoms with van der Waals surface area (Å²) in [6, 6.07) is 99.2. The Kier molecular flexibility index (Phi) is 9.84. The van der Waals surface area contributed by atoms with Crippen LogP contribution >= 0.6 is 0 Å². The molecule has 0 saturated heterocycles. The molecule has 0 saturated carbocycles. The minimum atomic E-state index is 1.06. The quantitative estimate of drug-likeness (QED) is 0.141. The van der Waals surface area contributed by atoms with Crippen LogP contribution in [-0.4, -0.2) is 9.13 Å². The highest BCUT2D eigenvalue weighted by Gasteiger charge is 2.25. The normalized spacial score (nSPS) is 11.5. The maximum atomic E-state index is 2.49. The molecule has 13 aromatic rings. The Morgan fingerprint density at radius 3 is 1.35 bits per heavy atom. The zero-order valence-electron chi connectivity index (χ0n) is 37.8. The van der Waals surface area contributed by atoms with Crippen molar-refractivity contribution in [2.24, 2.45) is 0 Å². The summed E-state index contributed by atoms with van der Waals surface area (Å²) in [5, 5.41) is 4.89. The second-order valence-electron chi connectivity index (χ2n) is 17.6. The van der Waals surface area contributed by atoms with Gasteiger partial charge in [0, 0.05) is 44.0 Å². The number of fused-ring (bicyclic) bond motifs is 6. The Morgan fingerprint density at radius 2 is 0.681 bits per heavy atom. The van der Waals surface area contributed by atoms with Gasteiger partial charge in [-0.15, -0.1) is 0 Å². The molecule has 0 aliphatic heterocycles. The SMILES string of the molecule is c1ccc(-c2ccccc2-c2ccccc2-c2ccccc2N(c2ccc(-c3ccccc3-n3c4ccccc4c4ccccc43)cc2)c2cccc3c2c2ccccc2n3-c2ccccc2)cc1. The first kappa shape index (κ1) is 40.1. The van der Waals surface area contributed by atoms with Gasteiger partial charge in [0.1, 0.15) is 0 Å². The van der Waals surface area contributed by atoms with E-state index in [4.69, 9.17) is 0 Å². The van der Waals surface area contributed by atoms with E-state index in [2.05, 4.69) is 287 Å². The summed E-state index contributed by atoms with van der Waals surface area (Å²) in [4.78, 5) is 2.49. The predicted octanol–water partition coefficient (Wildman–Crippen LogP) is 18.0. The molecule has 3 nitrogen and oxygen atoms in total. The maximum Gasteiger partial charge on any atom is 0.0562 e. The largest absolute Gasteiger partial charge is 0.309 e. The predicted molar refractivity (Wildman–Crippen MR) is 292 cm³/mol. The maximum absolute atomic E-state index is 2.49. The molecule has 0 bridgehead atoms. The fourth-order valence-corrected chi connectivity index (χ4v) is 10.8. The van der Waals surface area contributed by atoms with Gasteiger partial charge in [0.05, 0.1) is 39.1 Å². The minimum Gasteiger partial charge on any atom is -0.309 e. The van der Waals surface area contributed by atoms with Gasteiger partial charge in [-0.3, -0.25) is 0 Å². The first-order valence-electron chi connectivity index (χ1n) is 23.7. The smallest absolute Gasteiger partial charge is 0.0562 e. The number of hydrogen-bond acceptors (Lipinski definition) is 1. The van der Waals surface area contributed by atoms with E-state index in [0.717, 1.165) is 50.6 Å². The van der Waals surface area contributed by atoms with Gasteiger partial charge < -0.3 is 14.0 Å². The molecule has 11 aromatic carbocycles. The molecule has 2 heterocycles. The summed E-state index contributed by atoms with van der Waals surface area (Å²) in [7, 11) is 0. The van der Waals surface area contributed by atoms with Crippen molar-refractivity contribution in [3.05, 3.63) is 273 Å². The van der Waals surface area contributed by atoms with Crippen LogP contribution < -0.4 is 4.90 Å². The fraction of sp³-hybridized carbons (Fsp3) is 0. The van der Waals surface area contributed by atoms with Gasteiger partial charge >= 0.3 is 0 Å². The van der Waals surface area contributed by atoms with Crippen molar-refractivity contribution >= 4 is 60.7 Å². The number of para-hydroxylation sites is 6. The van der Waals surface area contributed by atoms with Crippen molar-refractivity contribution in [1.82, 2.24) is 9.13 Å². The highest BCUT2D eigenvalue weighted by atomic mass is 15.2. The molecule has 0 aliphatic carbocycles. The molecule has 324 valence electrons. The van der Waals surface area contributed by atoms with E-state index < -0.39 is 0 Å². The molecule has 2 aromatic heterocycles. The van der Waals surface area contributed by atoms with Crippen LogP contribution in [0.25, 0.3) is 99.5 Å². The summed E-state index contributed by atoms with van der Waals surface area (Å²) in [6.07, 6.45) is 0. The molecule has 0 amide bonds. The molecule has 0 radical (unpaired) electrons. The third-order valence-corrected chi connectivity index (χ3v) is 13.8. The minimum absolute atomic E-state index is 1.06. The molecule has 0 aliphatic rings. The van der Waals surface area contributed by atoms with Crippen LogP contribution in [0.1, 0.15) is 0 Å². The highest BCUT2D eigenvalue weighted by Crippen LogP contribution is 2.49. The van der Waals surface area contributed by atoms with Crippen LogP contribution in [0.2, 0.25) is 0 Å². The van der Waals surface area contributed by atoms with E-state index in [0.29, 0.717) is 0 Å². The van der Waals surface area contributed by atoms with Crippen LogP contribution in [0.15, 0.2) is 273 Å². The standard InChI is InChI=1S/C66H45N3/c1-3-22-46(23-4-1)50-26-7-8-28-52(50)53-29-9-10-30-54(53)55-31-12-17-36-60(55)68(65-41-21-40-64-66(65)58-34-15-20-39-63(58)67(64)48-24-5-2-6-25-48)49-44-42-47(43-45-49)51-27-11-16-35-59(51)69-61-37-18-13-32-56(61)57-33-14-19-38-62(57)69/h1-45H. The van der Waals surface area contributed by atoms with Gasteiger partial charge in [0.25, 0.3) is 0 Å². The van der Waals surface area contributed by atoms with E-state index in [1.807, 2.05) is 0 Å². The Bertz CT molecular complexity index is 3960. The van der Waals surface area contributed by atoms with E-state index in [1.165, 1.54) is 65.9 Å². The summed E-state index contributed by atoms with van der Waals surface area (Å²) < 4.78 is 4.83. The van der Waals surface area contributed by atoms with Gasteiger partial charge in [0.15, 0.2) is 0 Å². The lowest BCUT2D eigenvalue weighted by Gasteiger charge is -2.29. The Balaban J connectivity index is 1.04. The molecular weight excluding hydrogens is 835 g/mol. The number of nitrogens with zero attached hydrogens (tertiary/aromatic N) is 3. The summed E-state index contributed by atoms with van der Waals surface area (Å²) >= 11 is 0. The van der Waals surface area contributed by atoms with Crippen LogP contribution in [0.5, 0.6) is 0 Å². The van der Waals surface area contributed by atoms with Crippen molar-refractivity contribution < 1.29 is 0 Å². The monoisotopic (exact) mass is 879 g/mol. The van der Waals surface area contributed by atoms with E-state index in [9.17, 15) is 0 Å². The van der Waals surface area contributed by atoms with Crippen molar-refractivity contribution in [1.29, 1.82) is 0 Å². The van der Waals surface area contributed by atoms with Gasteiger partial charge in [-0.1, -0.05) is 206 Å². The second kappa shape index (κ2) is 16.9. The van der Waals surface area contributed by atoms with Crippen molar-refractivity contribution in [3.8, 4) is 55.9 Å². The molecule has 0 unspecified atom stereocenters. The zero-order valence-corrected chi connectivity index (χ0v) is 37.8. The topological polar surface area (TPSA) is 13.1 Å². The van der Waals surface area contributed by atoms with Gasteiger partial charge in [-0.05, 0) is 100 Å². The molecular formula is C66H45N3. The number of anilines is 3. The van der Waals surface area contributed by atoms with Gasteiger partial charge in [-0.25, -0.2) is 0 Å². The first-order valence-corrected chi connectivity index (χ1v) is 23.7. The lowest BCUT2D eigenvalue weighted by molar-refractivity contribution is 1.18. The van der Waals surface area contributed by atoms with E-state index >= 15 is 0 Å². The Morgan fingerprint density at radius 1 is 0.246 bits per heavy atom. The molecule has 3 heteroatoms. The van der Waals surface area contributed by atoms with Crippen LogP contribution in [0.3, 0.4) is 0 Å². The summed E-state index contributed by atoms with van der Waals surface area (Å²) in [5.41, 5.74) is 19.6. The fourth-order valence-electron chi connectivity index (χ4n) is 10.8. The lowest BCUT2D eigenvalue weighted by atomic mass is 9.88. The molecule has 0 fully saturated rings. The average molecular weight is 880 g/mol. The van der Waals surface area contributed by atoms with Crippen LogP contribution in [-0.2, 0) is 0 Å². The average Bonchev–Trinajstić information content (AvgIpc) is 3.95.